The molecule has 0 saturated carbocycles. The van der Waals surface area contributed by atoms with Crippen LogP contribution in [0.1, 0.15) is 12.5 Å². The number of carbonyl (C=O) groups excluding carboxylic acids is 1. The first-order chi connectivity index (χ1) is 14.2. The molecule has 1 aliphatic rings. The molecular formula is C21H26ClN3O4S. The SMILES string of the molecule is Cc1ccc(O[C@@H](C)C(=O)Nc2cc(S(=O)(=O)N3CCN(C)CC3)ccc2Cl)cc1. The Balaban J connectivity index is 1.73. The first-order valence-corrected chi connectivity index (χ1v) is 11.5. The Kier molecular flexibility index (Phi) is 7.02. The van der Waals surface area contributed by atoms with E-state index in [0.717, 1.165) is 5.56 Å². The molecular weight excluding hydrogens is 426 g/mol. The van der Waals surface area contributed by atoms with Gasteiger partial charge in [-0.3, -0.25) is 4.79 Å². The third kappa shape index (κ3) is 5.31. The normalized spacial score (nSPS) is 16.8. The minimum Gasteiger partial charge on any atom is -0.481 e. The molecule has 2 aromatic carbocycles. The van der Waals surface area contributed by atoms with Crippen LogP contribution in [0.15, 0.2) is 47.4 Å². The maximum absolute atomic E-state index is 13.0. The molecule has 1 fully saturated rings. The molecule has 1 heterocycles. The van der Waals surface area contributed by atoms with E-state index >= 15 is 0 Å². The number of amides is 1. The van der Waals surface area contributed by atoms with Crippen molar-refractivity contribution in [1.82, 2.24) is 9.21 Å². The van der Waals surface area contributed by atoms with E-state index in [1.807, 2.05) is 26.1 Å². The van der Waals surface area contributed by atoms with Gasteiger partial charge in [-0.2, -0.15) is 4.31 Å². The van der Waals surface area contributed by atoms with Crippen LogP contribution in [-0.2, 0) is 14.8 Å². The highest BCUT2D eigenvalue weighted by atomic mass is 35.5. The first-order valence-electron chi connectivity index (χ1n) is 9.69. The summed E-state index contributed by atoms with van der Waals surface area (Å²) in [6.45, 7) is 5.77. The predicted molar refractivity (Wildman–Crippen MR) is 118 cm³/mol. The zero-order valence-corrected chi connectivity index (χ0v) is 18.8. The Labute approximate surface area is 182 Å². The van der Waals surface area contributed by atoms with Crippen molar-refractivity contribution < 1.29 is 17.9 Å². The quantitative estimate of drug-likeness (QED) is 0.730. The van der Waals surface area contributed by atoms with Crippen molar-refractivity contribution in [2.75, 3.05) is 38.5 Å². The van der Waals surface area contributed by atoms with Gasteiger partial charge in [-0.05, 0) is 51.2 Å². The smallest absolute Gasteiger partial charge is 0.265 e. The van der Waals surface area contributed by atoms with Gasteiger partial charge in [-0.25, -0.2) is 8.42 Å². The molecule has 7 nitrogen and oxygen atoms in total. The molecule has 1 amide bonds. The number of nitrogens with zero attached hydrogens (tertiary/aromatic N) is 2. The van der Waals surface area contributed by atoms with E-state index in [9.17, 15) is 13.2 Å². The third-order valence-electron chi connectivity index (χ3n) is 5.00. The number of piperazine rings is 1. The topological polar surface area (TPSA) is 78.9 Å². The average Bonchev–Trinajstić information content (AvgIpc) is 2.71. The minimum atomic E-state index is -3.67. The standard InChI is InChI=1S/C21H26ClN3O4S/c1-15-4-6-17(7-5-15)29-16(2)21(26)23-20-14-18(8-9-19(20)22)30(27,28)25-12-10-24(3)11-13-25/h4-9,14,16H,10-13H2,1-3H3,(H,23,26)/t16-/m0/s1. The van der Waals surface area contributed by atoms with Gasteiger partial charge in [-0.15, -0.1) is 0 Å². The van der Waals surface area contributed by atoms with Gasteiger partial charge in [0.05, 0.1) is 15.6 Å². The molecule has 1 aliphatic heterocycles. The number of anilines is 1. The number of sulfonamides is 1. The van der Waals surface area contributed by atoms with Crippen LogP contribution < -0.4 is 10.1 Å². The van der Waals surface area contributed by atoms with Gasteiger partial charge in [0.2, 0.25) is 10.0 Å². The van der Waals surface area contributed by atoms with Gasteiger partial charge in [0, 0.05) is 26.2 Å². The van der Waals surface area contributed by atoms with Gasteiger partial charge in [0.15, 0.2) is 6.10 Å². The molecule has 1 N–H and O–H groups in total. The minimum absolute atomic E-state index is 0.0962. The zero-order valence-electron chi connectivity index (χ0n) is 17.3. The molecule has 162 valence electrons. The van der Waals surface area contributed by atoms with Crippen molar-refractivity contribution in [2.45, 2.75) is 24.8 Å². The fraction of sp³-hybridized carbons (Fsp3) is 0.381. The molecule has 30 heavy (non-hydrogen) atoms. The number of hydrogen-bond acceptors (Lipinski definition) is 5. The lowest BCUT2D eigenvalue weighted by Gasteiger charge is -2.31. The summed E-state index contributed by atoms with van der Waals surface area (Å²) in [5.74, 6) is 0.146. The van der Waals surface area contributed by atoms with Crippen LogP contribution in [0.4, 0.5) is 5.69 Å². The van der Waals surface area contributed by atoms with Crippen LogP contribution in [0.2, 0.25) is 5.02 Å². The molecule has 0 aromatic heterocycles. The van der Waals surface area contributed by atoms with Crippen LogP contribution in [0.3, 0.4) is 0 Å². The van der Waals surface area contributed by atoms with Crippen molar-refractivity contribution in [3.63, 3.8) is 0 Å². The highest BCUT2D eigenvalue weighted by Crippen LogP contribution is 2.28. The highest BCUT2D eigenvalue weighted by molar-refractivity contribution is 7.89. The number of hydrogen-bond donors (Lipinski definition) is 1. The van der Waals surface area contributed by atoms with Gasteiger partial charge in [-0.1, -0.05) is 29.3 Å². The molecule has 3 rings (SSSR count). The fourth-order valence-corrected chi connectivity index (χ4v) is 4.66. The molecule has 0 aliphatic carbocycles. The Morgan fingerprint density at radius 3 is 2.37 bits per heavy atom. The number of likely N-dealkylation sites (N-methyl/N-ethyl adjacent to an activating group) is 1. The maximum Gasteiger partial charge on any atom is 0.265 e. The first kappa shape index (κ1) is 22.6. The second kappa shape index (κ2) is 9.34. The summed E-state index contributed by atoms with van der Waals surface area (Å²) in [6.07, 6.45) is -0.790. The summed E-state index contributed by atoms with van der Waals surface area (Å²) >= 11 is 6.21. The van der Waals surface area contributed by atoms with Crippen molar-refractivity contribution in [2.24, 2.45) is 0 Å². The van der Waals surface area contributed by atoms with Crippen molar-refractivity contribution in [3.8, 4) is 5.75 Å². The van der Waals surface area contributed by atoms with Gasteiger partial charge in [0.25, 0.3) is 5.91 Å². The number of nitrogens with one attached hydrogen (secondary N) is 1. The summed E-state index contributed by atoms with van der Waals surface area (Å²) in [6, 6.07) is 11.7. The van der Waals surface area contributed by atoms with Crippen molar-refractivity contribution >= 4 is 33.2 Å². The van der Waals surface area contributed by atoms with E-state index in [1.54, 1.807) is 19.1 Å². The van der Waals surface area contributed by atoms with E-state index in [0.29, 0.717) is 31.9 Å². The predicted octanol–water partition coefficient (Wildman–Crippen LogP) is 2.99. The lowest BCUT2D eigenvalue weighted by atomic mass is 10.2. The Morgan fingerprint density at radius 1 is 1.10 bits per heavy atom. The summed E-state index contributed by atoms with van der Waals surface area (Å²) in [7, 11) is -1.71. The van der Waals surface area contributed by atoms with E-state index < -0.39 is 22.0 Å². The molecule has 0 bridgehead atoms. The summed E-state index contributed by atoms with van der Waals surface area (Å²) in [4.78, 5) is 14.7. The second-order valence-electron chi connectivity index (χ2n) is 7.41. The Morgan fingerprint density at radius 2 is 1.73 bits per heavy atom. The number of ether oxygens (including phenoxy) is 1. The summed E-state index contributed by atoms with van der Waals surface area (Å²) in [5.41, 5.74) is 1.32. The number of aryl methyl sites for hydroxylation is 1. The Hall–Kier alpha value is -2.13. The third-order valence-corrected chi connectivity index (χ3v) is 7.22. The number of benzene rings is 2. The lowest BCUT2D eigenvalue weighted by molar-refractivity contribution is -0.122. The largest absolute Gasteiger partial charge is 0.481 e. The monoisotopic (exact) mass is 451 g/mol. The van der Waals surface area contributed by atoms with Crippen LogP contribution in [0.5, 0.6) is 5.75 Å². The molecule has 1 saturated heterocycles. The molecule has 2 aromatic rings. The van der Waals surface area contributed by atoms with Crippen LogP contribution in [0.25, 0.3) is 0 Å². The number of carbonyl (C=O) groups is 1. The van der Waals surface area contributed by atoms with E-state index in [-0.39, 0.29) is 15.6 Å². The van der Waals surface area contributed by atoms with Gasteiger partial charge < -0.3 is 15.0 Å². The maximum atomic E-state index is 13.0. The second-order valence-corrected chi connectivity index (χ2v) is 9.76. The summed E-state index contributed by atoms with van der Waals surface area (Å²) < 4.78 is 33.1. The van der Waals surface area contributed by atoms with Crippen LogP contribution in [0, 0.1) is 6.92 Å². The van der Waals surface area contributed by atoms with Crippen LogP contribution >= 0.6 is 11.6 Å². The van der Waals surface area contributed by atoms with Crippen LogP contribution in [-0.4, -0.2) is 62.9 Å². The van der Waals surface area contributed by atoms with Gasteiger partial charge >= 0.3 is 0 Å². The number of rotatable bonds is 6. The van der Waals surface area contributed by atoms with E-state index in [4.69, 9.17) is 16.3 Å². The van der Waals surface area contributed by atoms with Gasteiger partial charge in [0.1, 0.15) is 5.75 Å². The highest BCUT2D eigenvalue weighted by Gasteiger charge is 2.28. The van der Waals surface area contributed by atoms with Crippen molar-refractivity contribution in [3.05, 3.63) is 53.1 Å². The molecule has 1 atom stereocenters. The lowest BCUT2D eigenvalue weighted by Crippen LogP contribution is -2.47. The molecule has 0 radical (unpaired) electrons. The molecule has 0 spiro atoms. The van der Waals surface area contributed by atoms with E-state index in [2.05, 4.69) is 10.2 Å². The molecule has 0 unspecified atom stereocenters. The Bertz CT molecular complexity index is 1000. The average molecular weight is 452 g/mol. The number of halogens is 1. The fourth-order valence-electron chi connectivity index (χ4n) is 3.05. The van der Waals surface area contributed by atoms with E-state index in [1.165, 1.54) is 22.5 Å². The summed E-state index contributed by atoms with van der Waals surface area (Å²) in [5, 5.41) is 2.93. The van der Waals surface area contributed by atoms with Crippen molar-refractivity contribution in [1.29, 1.82) is 0 Å². The zero-order chi connectivity index (χ0) is 21.9. The molecule has 9 heteroatoms.